The molecule has 0 spiro atoms. The first-order valence-electron chi connectivity index (χ1n) is 9.41. The van der Waals surface area contributed by atoms with Crippen molar-refractivity contribution in [3.8, 4) is 21.9 Å². The number of benzene rings is 1. The van der Waals surface area contributed by atoms with E-state index in [1.54, 1.807) is 11.3 Å². The highest BCUT2D eigenvalue weighted by atomic mass is 35.5. The monoisotopic (exact) mass is 420 g/mol. The molecule has 0 bridgehead atoms. The first-order chi connectivity index (χ1) is 13.4. The van der Waals surface area contributed by atoms with Crippen molar-refractivity contribution in [2.45, 2.75) is 12.8 Å². The first kappa shape index (κ1) is 20.8. The van der Waals surface area contributed by atoms with Crippen LogP contribution in [0.2, 0.25) is 0 Å². The maximum atomic E-state index is 5.85. The van der Waals surface area contributed by atoms with Gasteiger partial charge in [-0.1, -0.05) is 29.4 Å². The maximum Gasteiger partial charge on any atom is 0.315 e. The van der Waals surface area contributed by atoms with Crippen molar-refractivity contribution in [2.75, 3.05) is 44.7 Å². The third-order valence-electron chi connectivity index (χ3n) is 4.65. The second-order valence-electron chi connectivity index (χ2n) is 6.52. The fraction of sp³-hybridized carbons (Fsp3) is 0.400. The van der Waals surface area contributed by atoms with Crippen LogP contribution >= 0.6 is 23.7 Å². The van der Waals surface area contributed by atoms with Gasteiger partial charge in [-0.3, -0.25) is 4.90 Å². The molecule has 4 rings (SSSR count). The topological polar surface area (TPSA) is 63.4 Å². The highest BCUT2D eigenvalue weighted by molar-refractivity contribution is 7.13. The van der Waals surface area contributed by atoms with E-state index in [1.807, 2.05) is 18.2 Å². The first-order valence-corrected chi connectivity index (χ1v) is 10.3. The fourth-order valence-corrected chi connectivity index (χ4v) is 3.97. The zero-order valence-electron chi connectivity index (χ0n) is 15.7. The van der Waals surface area contributed by atoms with Crippen LogP contribution in [0.25, 0.3) is 21.9 Å². The van der Waals surface area contributed by atoms with Crippen LogP contribution in [0.3, 0.4) is 0 Å². The molecule has 6 nitrogen and oxygen atoms in total. The number of nitrogens with one attached hydrogen (secondary N) is 1. The van der Waals surface area contributed by atoms with Crippen LogP contribution < -0.4 is 5.32 Å². The molecule has 28 heavy (non-hydrogen) atoms. The van der Waals surface area contributed by atoms with Crippen LogP contribution in [0.5, 0.6) is 0 Å². The van der Waals surface area contributed by atoms with Gasteiger partial charge in [-0.2, -0.15) is 0 Å². The Hall–Kier alpha value is -1.93. The van der Waals surface area contributed by atoms with E-state index in [-0.39, 0.29) is 12.4 Å². The van der Waals surface area contributed by atoms with Crippen molar-refractivity contribution in [1.82, 2.24) is 15.1 Å². The largest absolute Gasteiger partial charge is 0.403 e. The third-order valence-corrected chi connectivity index (χ3v) is 5.55. The summed E-state index contributed by atoms with van der Waals surface area (Å²) >= 11 is 1.71. The molecule has 0 radical (unpaired) electrons. The van der Waals surface area contributed by atoms with Gasteiger partial charge in [-0.05, 0) is 36.9 Å². The smallest absolute Gasteiger partial charge is 0.315 e. The van der Waals surface area contributed by atoms with Crippen LogP contribution in [0.15, 0.2) is 46.2 Å². The number of nitrogens with zero attached hydrogens (tertiary/aromatic N) is 3. The molecule has 1 aromatic carbocycles. The molecule has 1 aliphatic heterocycles. The summed E-state index contributed by atoms with van der Waals surface area (Å²) in [5.41, 5.74) is 2.08. The summed E-state index contributed by atoms with van der Waals surface area (Å²) in [4.78, 5) is 3.65. The third kappa shape index (κ3) is 5.32. The Morgan fingerprint density at radius 2 is 1.82 bits per heavy atom. The van der Waals surface area contributed by atoms with Crippen LogP contribution in [0, 0.1) is 0 Å². The predicted molar refractivity (Wildman–Crippen MR) is 115 cm³/mol. The summed E-state index contributed by atoms with van der Waals surface area (Å²) in [6.45, 7) is 5.76. The lowest BCUT2D eigenvalue weighted by Gasteiger charge is -2.26. The van der Waals surface area contributed by atoms with E-state index in [1.165, 1.54) is 4.88 Å². The number of hydrogen-bond donors (Lipinski definition) is 1. The van der Waals surface area contributed by atoms with Gasteiger partial charge in [-0.15, -0.1) is 28.8 Å². The standard InChI is InChI=1S/C20H24N4O2S.ClH/c1-2-7-17(16(6-1)18-8-5-15-27-18)19-22-23-20(26-19)21-9-3-4-10-24-11-13-25-14-12-24;/h1-2,5-8,15H,3-4,9-14H2,(H,21,23);1H. The quantitative estimate of drug-likeness (QED) is 0.544. The van der Waals surface area contributed by atoms with E-state index in [4.69, 9.17) is 9.15 Å². The van der Waals surface area contributed by atoms with E-state index in [0.717, 1.165) is 63.4 Å². The minimum atomic E-state index is 0. The molecular formula is C20H25ClN4O2S. The zero-order chi connectivity index (χ0) is 18.3. The molecule has 3 aromatic rings. The van der Waals surface area contributed by atoms with Gasteiger partial charge in [0.1, 0.15) is 0 Å². The summed E-state index contributed by atoms with van der Waals surface area (Å²) in [6.07, 6.45) is 2.22. The Bertz CT molecular complexity index is 834. The van der Waals surface area contributed by atoms with Gasteiger partial charge < -0.3 is 14.5 Å². The van der Waals surface area contributed by atoms with Crippen LogP contribution in [-0.4, -0.2) is 54.5 Å². The number of aromatic nitrogens is 2. The summed E-state index contributed by atoms with van der Waals surface area (Å²) in [7, 11) is 0. The van der Waals surface area contributed by atoms with E-state index in [2.05, 4.69) is 44.0 Å². The molecule has 1 N–H and O–H groups in total. The minimum absolute atomic E-state index is 0. The van der Waals surface area contributed by atoms with E-state index < -0.39 is 0 Å². The number of morpholine rings is 1. The second-order valence-corrected chi connectivity index (χ2v) is 7.47. The SMILES string of the molecule is Cl.c1csc(-c2ccccc2-c2nnc(NCCCCN3CCOCC3)o2)c1. The van der Waals surface area contributed by atoms with Crippen molar-refractivity contribution < 1.29 is 9.15 Å². The zero-order valence-corrected chi connectivity index (χ0v) is 17.3. The lowest BCUT2D eigenvalue weighted by Crippen LogP contribution is -2.36. The lowest BCUT2D eigenvalue weighted by atomic mass is 10.1. The minimum Gasteiger partial charge on any atom is -0.403 e. The summed E-state index contributed by atoms with van der Waals surface area (Å²) < 4.78 is 11.2. The van der Waals surface area contributed by atoms with Gasteiger partial charge in [0.25, 0.3) is 0 Å². The van der Waals surface area contributed by atoms with Gasteiger partial charge >= 0.3 is 6.01 Å². The van der Waals surface area contributed by atoms with E-state index in [0.29, 0.717) is 11.9 Å². The number of hydrogen-bond acceptors (Lipinski definition) is 7. The Labute approximate surface area is 175 Å². The van der Waals surface area contributed by atoms with Crippen molar-refractivity contribution in [3.05, 3.63) is 41.8 Å². The van der Waals surface area contributed by atoms with Crippen LogP contribution in [0.4, 0.5) is 6.01 Å². The summed E-state index contributed by atoms with van der Waals surface area (Å²) in [5, 5.41) is 13.7. The molecule has 0 atom stereocenters. The molecule has 1 fully saturated rings. The molecule has 3 heterocycles. The second kappa shape index (κ2) is 10.6. The van der Waals surface area contributed by atoms with Crippen molar-refractivity contribution in [2.24, 2.45) is 0 Å². The number of anilines is 1. The molecule has 1 aliphatic rings. The Morgan fingerprint density at radius 1 is 1.00 bits per heavy atom. The average Bonchev–Trinajstić information content (AvgIpc) is 3.41. The molecular weight excluding hydrogens is 396 g/mol. The van der Waals surface area contributed by atoms with Gasteiger partial charge in [0.15, 0.2) is 0 Å². The van der Waals surface area contributed by atoms with Crippen LogP contribution in [-0.2, 0) is 4.74 Å². The number of unbranched alkanes of at least 4 members (excludes halogenated alkanes) is 1. The molecule has 2 aromatic heterocycles. The number of thiophene rings is 1. The average molecular weight is 421 g/mol. The lowest BCUT2D eigenvalue weighted by molar-refractivity contribution is 0.0373. The number of ether oxygens (including phenoxy) is 1. The molecule has 150 valence electrons. The number of halogens is 1. The van der Waals surface area contributed by atoms with E-state index in [9.17, 15) is 0 Å². The van der Waals surface area contributed by atoms with Crippen molar-refractivity contribution in [3.63, 3.8) is 0 Å². The van der Waals surface area contributed by atoms with Gasteiger partial charge in [0.2, 0.25) is 5.89 Å². The Balaban J connectivity index is 0.00000225. The molecule has 0 aliphatic carbocycles. The molecule has 0 saturated carbocycles. The summed E-state index contributed by atoms with van der Waals surface area (Å²) in [6, 6.07) is 12.8. The summed E-state index contributed by atoms with van der Waals surface area (Å²) in [5.74, 6) is 0.551. The Morgan fingerprint density at radius 3 is 2.61 bits per heavy atom. The Kier molecular flexibility index (Phi) is 7.85. The predicted octanol–water partition coefficient (Wildman–Crippen LogP) is 4.41. The molecule has 0 unspecified atom stereocenters. The molecule has 8 heteroatoms. The van der Waals surface area contributed by atoms with Gasteiger partial charge in [0.05, 0.1) is 13.2 Å². The molecule has 1 saturated heterocycles. The van der Waals surface area contributed by atoms with Gasteiger partial charge in [0, 0.05) is 35.6 Å². The van der Waals surface area contributed by atoms with E-state index >= 15 is 0 Å². The van der Waals surface area contributed by atoms with Crippen molar-refractivity contribution >= 4 is 29.8 Å². The normalized spacial score (nSPS) is 14.6. The van der Waals surface area contributed by atoms with Crippen LogP contribution in [0.1, 0.15) is 12.8 Å². The number of rotatable bonds is 8. The fourth-order valence-electron chi connectivity index (χ4n) is 3.20. The molecule has 0 amide bonds. The highest BCUT2D eigenvalue weighted by Gasteiger charge is 2.14. The van der Waals surface area contributed by atoms with Gasteiger partial charge in [-0.25, -0.2) is 0 Å². The highest BCUT2D eigenvalue weighted by Crippen LogP contribution is 2.34. The van der Waals surface area contributed by atoms with Crippen molar-refractivity contribution in [1.29, 1.82) is 0 Å². The maximum absolute atomic E-state index is 5.85.